The van der Waals surface area contributed by atoms with E-state index in [0.717, 1.165) is 16.7 Å². The molecule has 2 aliphatic rings. The molecule has 2 heterocycles. The van der Waals surface area contributed by atoms with Gasteiger partial charge in [-0.3, -0.25) is 14.4 Å². The lowest BCUT2D eigenvalue weighted by atomic mass is 9.97. The van der Waals surface area contributed by atoms with E-state index in [0.29, 0.717) is 6.61 Å². The van der Waals surface area contributed by atoms with Crippen LogP contribution in [0, 0.1) is 0 Å². The summed E-state index contributed by atoms with van der Waals surface area (Å²) in [5, 5.41) is 0. The van der Waals surface area contributed by atoms with Gasteiger partial charge in [-0.2, -0.15) is 0 Å². The van der Waals surface area contributed by atoms with Crippen molar-refractivity contribution in [2.24, 2.45) is 0 Å². The van der Waals surface area contributed by atoms with Gasteiger partial charge in [0.2, 0.25) is 0 Å². The molecule has 12 nitrogen and oxygen atoms in total. The van der Waals surface area contributed by atoms with Crippen LogP contribution in [0.4, 0.5) is 0 Å². The van der Waals surface area contributed by atoms with Gasteiger partial charge in [0.25, 0.3) is 0 Å². The fourth-order valence-corrected chi connectivity index (χ4v) is 5.88. The molecule has 0 saturated carbocycles. The number of carbonyl (C=O) groups is 3. The van der Waals surface area contributed by atoms with Crippen molar-refractivity contribution in [2.75, 3.05) is 19.8 Å². The van der Waals surface area contributed by atoms with Gasteiger partial charge in [0.05, 0.1) is 39.6 Å². The monoisotopic (exact) mass is 692 g/mol. The highest BCUT2D eigenvalue weighted by atomic mass is 16.7. The molecule has 50 heavy (non-hydrogen) atoms. The first-order valence-electron chi connectivity index (χ1n) is 16.6. The fraction of sp³-hybridized carbons (Fsp3) is 0.447. The van der Waals surface area contributed by atoms with Gasteiger partial charge in [-0.1, -0.05) is 91.0 Å². The van der Waals surface area contributed by atoms with Crippen molar-refractivity contribution < 1.29 is 57.0 Å². The van der Waals surface area contributed by atoms with Gasteiger partial charge in [0, 0.05) is 20.8 Å². The number of esters is 3. The minimum Gasteiger partial charge on any atom is -0.457 e. The van der Waals surface area contributed by atoms with Crippen molar-refractivity contribution in [3.63, 3.8) is 0 Å². The van der Waals surface area contributed by atoms with Gasteiger partial charge in [0.1, 0.15) is 24.4 Å². The molecule has 3 aromatic carbocycles. The summed E-state index contributed by atoms with van der Waals surface area (Å²) in [4.78, 5) is 37.2. The minimum absolute atomic E-state index is 0.0413. The molecular weight excluding hydrogens is 648 g/mol. The predicted molar refractivity (Wildman–Crippen MR) is 177 cm³/mol. The first-order chi connectivity index (χ1) is 24.3. The number of rotatable bonds is 16. The third-order valence-electron chi connectivity index (χ3n) is 8.09. The fourth-order valence-electron chi connectivity index (χ4n) is 5.88. The number of benzene rings is 3. The van der Waals surface area contributed by atoms with Crippen LogP contribution in [0.1, 0.15) is 37.5 Å². The molecule has 2 aliphatic heterocycles. The van der Waals surface area contributed by atoms with Gasteiger partial charge in [0.15, 0.2) is 24.6 Å². The Morgan fingerprint density at radius 2 is 1.04 bits per heavy atom. The van der Waals surface area contributed by atoms with Crippen molar-refractivity contribution in [3.8, 4) is 0 Å². The Bertz CT molecular complexity index is 1490. The highest BCUT2D eigenvalue weighted by molar-refractivity contribution is 5.67. The lowest BCUT2D eigenvalue weighted by Gasteiger charge is -2.45. The maximum Gasteiger partial charge on any atom is 0.303 e. The molecule has 3 aromatic rings. The maximum atomic E-state index is 12.5. The maximum absolute atomic E-state index is 12.5. The molecule has 2 saturated heterocycles. The molecule has 0 radical (unpaired) electrons. The van der Waals surface area contributed by atoms with E-state index in [4.69, 9.17) is 42.6 Å². The van der Waals surface area contributed by atoms with E-state index in [1.165, 1.54) is 20.8 Å². The van der Waals surface area contributed by atoms with Crippen molar-refractivity contribution in [1.82, 2.24) is 0 Å². The average molecular weight is 693 g/mol. The first kappa shape index (κ1) is 37.1. The summed E-state index contributed by atoms with van der Waals surface area (Å²) in [7, 11) is 0. The Balaban J connectivity index is 1.38. The quantitative estimate of drug-likeness (QED) is 0.156. The van der Waals surface area contributed by atoms with E-state index < -0.39 is 66.9 Å². The van der Waals surface area contributed by atoms with Crippen LogP contribution in [0.2, 0.25) is 0 Å². The Hall–Kier alpha value is -4.17. The zero-order valence-electron chi connectivity index (χ0n) is 28.4. The van der Waals surface area contributed by atoms with Crippen LogP contribution in [0.15, 0.2) is 91.0 Å². The zero-order valence-corrected chi connectivity index (χ0v) is 28.4. The number of hydrogen-bond acceptors (Lipinski definition) is 12. The second-order valence-electron chi connectivity index (χ2n) is 12.1. The van der Waals surface area contributed by atoms with E-state index in [1.807, 2.05) is 91.0 Å². The lowest BCUT2D eigenvalue weighted by Crippen LogP contribution is -2.63. The second-order valence-corrected chi connectivity index (χ2v) is 12.1. The highest BCUT2D eigenvalue weighted by Gasteiger charge is 2.53. The van der Waals surface area contributed by atoms with Crippen LogP contribution in [0.25, 0.3) is 0 Å². The van der Waals surface area contributed by atoms with E-state index >= 15 is 0 Å². The molecule has 268 valence electrons. The molecule has 0 amide bonds. The topological polar surface area (TPSA) is 134 Å². The predicted octanol–water partition coefficient (Wildman–Crippen LogP) is 4.31. The van der Waals surface area contributed by atoms with Crippen molar-refractivity contribution in [2.45, 2.75) is 89.6 Å². The highest BCUT2D eigenvalue weighted by Crippen LogP contribution is 2.33. The summed E-state index contributed by atoms with van der Waals surface area (Å²) < 4.78 is 54.6. The summed E-state index contributed by atoms with van der Waals surface area (Å²) in [6.07, 6.45) is -7.77. The van der Waals surface area contributed by atoms with E-state index in [9.17, 15) is 14.4 Å². The molecule has 2 fully saturated rings. The van der Waals surface area contributed by atoms with Crippen LogP contribution in [-0.4, -0.2) is 86.7 Å². The summed E-state index contributed by atoms with van der Waals surface area (Å²) >= 11 is 0. The smallest absolute Gasteiger partial charge is 0.303 e. The van der Waals surface area contributed by atoms with Crippen LogP contribution in [-0.2, 0) is 76.8 Å². The van der Waals surface area contributed by atoms with Gasteiger partial charge in [-0.05, 0) is 16.7 Å². The number of ether oxygens (including phenoxy) is 9. The standard InChI is InChI=1S/C38H44O12/c1-25(39)46-34-31(22-42-19-28-13-7-4-8-14-28)44-24-33(34)50-38-37(45-21-30-17-11-6-12-18-30)36(48-27(3)41)35(47-26(2)40)32(49-38)23-43-20-29-15-9-5-10-16-29/h4-18,31-38H,19-24H2,1-3H3/t31-,32-,33+,34-,35-,36+,37-,38-/m1/s1. The third kappa shape index (κ3) is 10.9. The van der Waals surface area contributed by atoms with E-state index in [1.54, 1.807) is 0 Å². The summed E-state index contributed by atoms with van der Waals surface area (Å²) in [6.45, 7) is 4.64. The van der Waals surface area contributed by atoms with Crippen LogP contribution in [0.5, 0.6) is 0 Å². The Morgan fingerprint density at radius 1 is 0.580 bits per heavy atom. The van der Waals surface area contributed by atoms with Gasteiger partial charge >= 0.3 is 17.9 Å². The molecule has 0 spiro atoms. The van der Waals surface area contributed by atoms with Crippen molar-refractivity contribution >= 4 is 17.9 Å². The normalized spacial score (nSPS) is 26.2. The van der Waals surface area contributed by atoms with Gasteiger partial charge in [-0.25, -0.2) is 0 Å². The van der Waals surface area contributed by atoms with Gasteiger partial charge < -0.3 is 42.6 Å². The minimum atomic E-state index is -1.20. The summed E-state index contributed by atoms with van der Waals surface area (Å²) in [6, 6.07) is 28.6. The molecule has 0 unspecified atom stereocenters. The molecule has 8 atom stereocenters. The second kappa shape index (κ2) is 18.7. The van der Waals surface area contributed by atoms with Crippen molar-refractivity contribution in [1.29, 1.82) is 0 Å². The van der Waals surface area contributed by atoms with Gasteiger partial charge in [-0.15, -0.1) is 0 Å². The SMILES string of the molecule is CC(=O)O[C@@H]1[C@@H](OCc2ccccc2)[C@@H](O[C@H]2CO[C@H](COCc3ccccc3)[C@H]2OC(C)=O)O[C@H](COCc2ccccc2)[C@H]1OC(C)=O. The summed E-state index contributed by atoms with van der Waals surface area (Å²) in [5.74, 6) is -1.76. The van der Waals surface area contributed by atoms with Crippen molar-refractivity contribution in [3.05, 3.63) is 108 Å². The summed E-state index contributed by atoms with van der Waals surface area (Å²) in [5.41, 5.74) is 2.74. The Morgan fingerprint density at radius 3 is 1.56 bits per heavy atom. The third-order valence-corrected chi connectivity index (χ3v) is 8.09. The van der Waals surface area contributed by atoms with Crippen LogP contribution < -0.4 is 0 Å². The number of carbonyl (C=O) groups excluding carboxylic acids is 3. The van der Waals surface area contributed by atoms with E-state index in [-0.39, 0.29) is 33.0 Å². The molecule has 12 heteroatoms. The lowest BCUT2D eigenvalue weighted by molar-refractivity contribution is -0.328. The number of hydrogen-bond donors (Lipinski definition) is 0. The molecule has 0 aliphatic carbocycles. The molecule has 0 bridgehead atoms. The molecule has 0 aromatic heterocycles. The molecular formula is C38H44O12. The first-order valence-corrected chi connectivity index (χ1v) is 16.6. The Kier molecular flexibility index (Phi) is 13.9. The Labute approximate surface area is 291 Å². The molecule has 0 N–H and O–H groups in total. The van der Waals surface area contributed by atoms with Crippen LogP contribution >= 0.6 is 0 Å². The van der Waals surface area contributed by atoms with E-state index in [2.05, 4.69) is 0 Å². The largest absolute Gasteiger partial charge is 0.457 e. The zero-order chi connectivity index (χ0) is 35.3. The average Bonchev–Trinajstić information content (AvgIpc) is 3.46. The van der Waals surface area contributed by atoms with Crippen LogP contribution in [0.3, 0.4) is 0 Å². The molecule has 5 rings (SSSR count).